The van der Waals surface area contributed by atoms with Gasteiger partial charge in [0.2, 0.25) is 0 Å². The molecule has 21 heavy (non-hydrogen) atoms. The van der Waals surface area contributed by atoms with Crippen molar-refractivity contribution in [2.24, 2.45) is 4.99 Å². The van der Waals surface area contributed by atoms with Gasteiger partial charge in [0.15, 0.2) is 17.5 Å². The van der Waals surface area contributed by atoms with E-state index in [1.165, 1.54) is 0 Å². The molecule has 0 saturated carbocycles. The molecule has 0 aliphatic heterocycles. The molecule has 1 atom stereocenters. The SMILES string of the molecule is CCCNC(=NC)NCC(C)Oc1ccccc1OC.I. The van der Waals surface area contributed by atoms with Crippen LogP contribution in [0.15, 0.2) is 29.3 Å². The largest absolute Gasteiger partial charge is 0.493 e. The minimum atomic E-state index is 0. The Hall–Kier alpha value is -1.18. The van der Waals surface area contributed by atoms with Crippen molar-refractivity contribution in [2.45, 2.75) is 26.4 Å². The molecule has 0 aliphatic rings. The Kier molecular flexibility index (Phi) is 10.8. The van der Waals surface area contributed by atoms with Gasteiger partial charge in [-0.3, -0.25) is 4.99 Å². The Morgan fingerprint density at radius 2 is 1.90 bits per heavy atom. The number of guanidine groups is 1. The zero-order valence-corrected chi connectivity index (χ0v) is 15.5. The van der Waals surface area contributed by atoms with Crippen molar-refractivity contribution in [3.63, 3.8) is 0 Å². The number of methoxy groups -OCH3 is 1. The van der Waals surface area contributed by atoms with Crippen LogP contribution in [-0.4, -0.2) is 39.3 Å². The lowest BCUT2D eigenvalue weighted by molar-refractivity contribution is 0.213. The Morgan fingerprint density at radius 1 is 1.24 bits per heavy atom. The molecule has 1 unspecified atom stereocenters. The third-order valence-corrected chi connectivity index (χ3v) is 2.72. The van der Waals surface area contributed by atoms with Crippen LogP contribution in [0.3, 0.4) is 0 Å². The van der Waals surface area contributed by atoms with E-state index >= 15 is 0 Å². The highest BCUT2D eigenvalue weighted by Gasteiger charge is 2.09. The summed E-state index contributed by atoms with van der Waals surface area (Å²) in [4.78, 5) is 4.15. The van der Waals surface area contributed by atoms with E-state index in [0.717, 1.165) is 30.4 Å². The quantitative estimate of drug-likeness (QED) is 0.415. The molecule has 0 radical (unpaired) electrons. The van der Waals surface area contributed by atoms with Gasteiger partial charge in [-0.15, -0.1) is 24.0 Å². The number of halogens is 1. The van der Waals surface area contributed by atoms with Crippen molar-refractivity contribution in [2.75, 3.05) is 27.2 Å². The highest BCUT2D eigenvalue weighted by atomic mass is 127. The highest BCUT2D eigenvalue weighted by molar-refractivity contribution is 14.0. The molecule has 0 amide bonds. The number of hydrogen-bond donors (Lipinski definition) is 2. The average Bonchev–Trinajstić information content (AvgIpc) is 2.48. The lowest BCUT2D eigenvalue weighted by Crippen LogP contribution is -2.42. The van der Waals surface area contributed by atoms with Crippen molar-refractivity contribution in [3.8, 4) is 11.5 Å². The molecular weight excluding hydrogens is 381 g/mol. The molecule has 0 aromatic heterocycles. The minimum absolute atomic E-state index is 0. The second kappa shape index (κ2) is 11.5. The van der Waals surface area contributed by atoms with Crippen LogP contribution < -0.4 is 20.1 Å². The van der Waals surface area contributed by atoms with E-state index < -0.39 is 0 Å². The lowest BCUT2D eigenvalue weighted by atomic mass is 10.3. The molecule has 0 bridgehead atoms. The normalized spacial score (nSPS) is 12.1. The first-order valence-electron chi connectivity index (χ1n) is 6.95. The van der Waals surface area contributed by atoms with Crippen LogP contribution in [0.4, 0.5) is 0 Å². The molecule has 0 spiro atoms. The molecule has 1 aromatic carbocycles. The van der Waals surface area contributed by atoms with Gasteiger partial charge < -0.3 is 20.1 Å². The van der Waals surface area contributed by atoms with E-state index in [-0.39, 0.29) is 30.1 Å². The fraction of sp³-hybridized carbons (Fsp3) is 0.533. The molecule has 0 fully saturated rings. The lowest BCUT2D eigenvalue weighted by Gasteiger charge is -2.18. The minimum Gasteiger partial charge on any atom is -0.493 e. The number of ether oxygens (including phenoxy) is 2. The Balaban J connectivity index is 0.00000400. The van der Waals surface area contributed by atoms with Gasteiger partial charge in [-0.05, 0) is 25.5 Å². The van der Waals surface area contributed by atoms with Crippen LogP contribution >= 0.6 is 24.0 Å². The second-order valence-electron chi connectivity index (χ2n) is 4.46. The van der Waals surface area contributed by atoms with E-state index in [1.807, 2.05) is 31.2 Å². The predicted octanol–water partition coefficient (Wildman–Crippen LogP) is 2.66. The third kappa shape index (κ3) is 7.40. The second-order valence-corrected chi connectivity index (χ2v) is 4.46. The summed E-state index contributed by atoms with van der Waals surface area (Å²) in [5.41, 5.74) is 0. The van der Waals surface area contributed by atoms with Gasteiger partial charge in [0, 0.05) is 13.6 Å². The molecule has 0 saturated heterocycles. The Morgan fingerprint density at radius 3 is 2.48 bits per heavy atom. The zero-order valence-electron chi connectivity index (χ0n) is 13.2. The van der Waals surface area contributed by atoms with Crippen LogP contribution in [0.5, 0.6) is 11.5 Å². The smallest absolute Gasteiger partial charge is 0.191 e. The molecule has 1 aromatic rings. The van der Waals surface area contributed by atoms with E-state index in [0.29, 0.717) is 6.54 Å². The topological polar surface area (TPSA) is 54.9 Å². The van der Waals surface area contributed by atoms with Crippen molar-refractivity contribution in [3.05, 3.63) is 24.3 Å². The first-order chi connectivity index (χ1) is 9.71. The van der Waals surface area contributed by atoms with E-state index in [9.17, 15) is 0 Å². The molecule has 1 rings (SSSR count). The van der Waals surface area contributed by atoms with Gasteiger partial charge in [0.25, 0.3) is 0 Å². The van der Waals surface area contributed by atoms with Crippen molar-refractivity contribution in [1.82, 2.24) is 10.6 Å². The fourth-order valence-electron chi connectivity index (χ4n) is 1.68. The maximum atomic E-state index is 5.87. The predicted molar refractivity (Wildman–Crippen MR) is 98.2 cm³/mol. The van der Waals surface area contributed by atoms with E-state index in [1.54, 1.807) is 14.2 Å². The van der Waals surface area contributed by atoms with Crippen LogP contribution in [0.2, 0.25) is 0 Å². The van der Waals surface area contributed by atoms with Gasteiger partial charge in [-0.1, -0.05) is 19.1 Å². The number of benzene rings is 1. The maximum absolute atomic E-state index is 5.87. The average molecular weight is 407 g/mol. The van der Waals surface area contributed by atoms with E-state index in [2.05, 4.69) is 22.5 Å². The summed E-state index contributed by atoms with van der Waals surface area (Å²) in [6, 6.07) is 7.64. The maximum Gasteiger partial charge on any atom is 0.191 e. The molecule has 6 heteroatoms. The van der Waals surface area contributed by atoms with Crippen LogP contribution in [0, 0.1) is 0 Å². The number of rotatable bonds is 7. The molecule has 120 valence electrons. The number of para-hydroxylation sites is 2. The summed E-state index contributed by atoms with van der Waals surface area (Å²) in [6.07, 6.45) is 1.07. The van der Waals surface area contributed by atoms with Gasteiger partial charge in [0.1, 0.15) is 6.10 Å². The summed E-state index contributed by atoms with van der Waals surface area (Å²) >= 11 is 0. The standard InChI is InChI=1S/C15H25N3O2.HI/c1-5-10-17-15(16-3)18-11-12(2)20-14-9-7-6-8-13(14)19-4;/h6-9,12H,5,10-11H2,1-4H3,(H2,16,17,18);1H. The molecule has 5 nitrogen and oxygen atoms in total. The zero-order chi connectivity index (χ0) is 14.8. The van der Waals surface area contributed by atoms with E-state index in [4.69, 9.17) is 9.47 Å². The summed E-state index contributed by atoms with van der Waals surface area (Å²) in [5, 5.41) is 6.45. The van der Waals surface area contributed by atoms with Crippen LogP contribution in [0.25, 0.3) is 0 Å². The number of hydrogen-bond acceptors (Lipinski definition) is 3. The van der Waals surface area contributed by atoms with Gasteiger partial charge in [-0.2, -0.15) is 0 Å². The van der Waals surface area contributed by atoms with Gasteiger partial charge in [0.05, 0.1) is 13.7 Å². The van der Waals surface area contributed by atoms with Crippen molar-refractivity contribution in [1.29, 1.82) is 0 Å². The fourth-order valence-corrected chi connectivity index (χ4v) is 1.68. The number of aliphatic imine (C=N–C) groups is 1. The summed E-state index contributed by atoms with van der Waals surface area (Å²) in [6.45, 7) is 5.70. The Bertz CT molecular complexity index is 427. The summed E-state index contributed by atoms with van der Waals surface area (Å²) in [5.74, 6) is 2.29. The van der Waals surface area contributed by atoms with Crippen molar-refractivity contribution >= 4 is 29.9 Å². The summed E-state index contributed by atoms with van der Waals surface area (Å²) in [7, 11) is 3.40. The van der Waals surface area contributed by atoms with Crippen LogP contribution in [-0.2, 0) is 0 Å². The first kappa shape index (κ1) is 19.8. The first-order valence-corrected chi connectivity index (χ1v) is 6.95. The molecule has 0 heterocycles. The third-order valence-electron chi connectivity index (χ3n) is 2.72. The number of nitrogens with zero attached hydrogens (tertiary/aromatic N) is 1. The van der Waals surface area contributed by atoms with Crippen LogP contribution in [0.1, 0.15) is 20.3 Å². The Labute approximate surface area is 144 Å². The molecular formula is C15H26IN3O2. The van der Waals surface area contributed by atoms with Crippen molar-refractivity contribution < 1.29 is 9.47 Å². The van der Waals surface area contributed by atoms with Gasteiger partial charge >= 0.3 is 0 Å². The van der Waals surface area contributed by atoms with Gasteiger partial charge in [-0.25, -0.2) is 0 Å². The summed E-state index contributed by atoms with van der Waals surface area (Å²) < 4.78 is 11.1. The molecule has 2 N–H and O–H groups in total. The highest BCUT2D eigenvalue weighted by Crippen LogP contribution is 2.26. The molecule has 0 aliphatic carbocycles. The number of nitrogens with one attached hydrogen (secondary N) is 2. The monoisotopic (exact) mass is 407 g/mol.